The Labute approximate surface area is 132 Å². The molecule has 0 aromatic carbocycles. The maximum absolute atomic E-state index is 4.39. The standard InChI is InChI=1S/C16H28N4S/c1-4-16(8-5-6-9-16)12-20-15(17-3)18-10-7-14-19-11-13(2)21-14/h11H,4-10,12H2,1-3H3,(H2,17,18,20). The SMILES string of the molecule is CCC1(CNC(=NC)NCCc2ncc(C)s2)CCCC1. The fourth-order valence-corrected chi connectivity index (χ4v) is 3.86. The highest BCUT2D eigenvalue weighted by Crippen LogP contribution is 2.40. The molecule has 0 radical (unpaired) electrons. The Morgan fingerprint density at radius 3 is 2.71 bits per heavy atom. The lowest BCUT2D eigenvalue weighted by Crippen LogP contribution is -2.43. The van der Waals surface area contributed by atoms with Crippen LogP contribution < -0.4 is 10.6 Å². The second kappa shape index (κ2) is 7.78. The highest BCUT2D eigenvalue weighted by molar-refractivity contribution is 7.11. The third-order valence-corrected chi connectivity index (χ3v) is 5.54. The predicted molar refractivity (Wildman–Crippen MR) is 91.1 cm³/mol. The van der Waals surface area contributed by atoms with Gasteiger partial charge in [-0.3, -0.25) is 4.99 Å². The number of aromatic nitrogens is 1. The molecule has 0 saturated heterocycles. The predicted octanol–water partition coefficient (Wildman–Crippen LogP) is 3.13. The van der Waals surface area contributed by atoms with Crippen molar-refractivity contribution in [1.29, 1.82) is 0 Å². The number of aryl methyl sites for hydroxylation is 1. The van der Waals surface area contributed by atoms with Gasteiger partial charge in [-0.15, -0.1) is 11.3 Å². The van der Waals surface area contributed by atoms with Crippen LogP contribution in [0.2, 0.25) is 0 Å². The second-order valence-electron chi connectivity index (χ2n) is 6.03. The van der Waals surface area contributed by atoms with Gasteiger partial charge in [0.1, 0.15) is 0 Å². The van der Waals surface area contributed by atoms with Gasteiger partial charge in [0.05, 0.1) is 5.01 Å². The van der Waals surface area contributed by atoms with Crippen molar-refractivity contribution in [3.63, 3.8) is 0 Å². The number of nitrogens with one attached hydrogen (secondary N) is 2. The van der Waals surface area contributed by atoms with Gasteiger partial charge in [0, 0.05) is 37.6 Å². The molecular weight excluding hydrogens is 280 g/mol. The van der Waals surface area contributed by atoms with E-state index in [4.69, 9.17) is 0 Å². The summed E-state index contributed by atoms with van der Waals surface area (Å²) in [7, 11) is 1.84. The van der Waals surface area contributed by atoms with Gasteiger partial charge in [0.25, 0.3) is 0 Å². The normalized spacial score (nSPS) is 18.0. The van der Waals surface area contributed by atoms with Crippen LogP contribution in [0.1, 0.15) is 48.9 Å². The minimum absolute atomic E-state index is 0.490. The lowest BCUT2D eigenvalue weighted by molar-refractivity contribution is 0.283. The quantitative estimate of drug-likeness (QED) is 0.627. The summed E-state index contributed by atoms with van der Waals surface area (Å²) in [6.45, 7) is 6.33. The van der Waals surface area contributed by atoms with E-state index in [0.717, 1.165) is 25.5 Å². The van der Waals surface area contributed by atoms with E-state index in [1.807, 2.05) is 13.2 Å². The van der Waals surface area contributed by atoms with E-state index >= 15 is 0 Å². The zero-order chi connectivity index (χ0) is 15.1. The van der Waals surface area contributed by atoms with Gasteiger partial charge in [-0.25, -0.2) is 4.98 Å². The van der Waals surface area contributed by atoms with Crippen LogP contribution >= 0.6 is 11.3 Å². The molecule has 5 heteroatoms. The lowest BCUT2D eigenvalue weighted by atomic mass is 9.83. The number of aliphatic imine (C=N–C) groups is 1. The first-order chi connectivity index (χ1) is 10.2. The first-order valence-electron chi connectivity index (χ1n) is 8.03. The summed E-state index contributed by atoms with van der Waals surface area (Å²) >= 11 is 1.77. The zero-order valence-corrected chi connectivity index (χ0v) is 14.4. The van der Waals surface area contributed by atoms with Gasteiger partial charge in [-0.1, -0.05) is 19.8 Å². The number of thiazole rings is 1. The van der Waals surface area contributed by atoms with Crippen molar-refractivity contribution >= 4 is 17.3 Å². The molecule has 1 aromatic rings. The van der Waals surface area contributed by atoms with E-state index in [1.54, 1.807) is 11.3 Å². The Balaban J connectivity index is 1.73. The number of rotatable bonds is 6. The average molecular weight is 308 g/mol. The van der Waals surface area contributed by atoms with E-state index < -0.39 is 0 Å². The zero-order valence-electron chi connectivity index (χ0n) is 13.5. The molecule has 1 saturated carbocycles. The number of hydrogen-bond donors (Lipinski definition) is 2. The Bertz CT molecular complexity index is 461. The molecule has 2 rings (SSSR count). The van der Waals surface area contributed by atoms with Crippen molar-refractivity contribution in [3.05, 3.63) is 16.1 Å². The molecule has 0 amide bonds. The third kappa shape index (κ3) is 4.70. The van der Waals surface area contributed by atoms with Crippen LogP contribution in [0.25, 0.3) is 0 Å². The van der Waals surface area contributed by atoms with Gasteiger partial charge < -0.3 is 10.6 Å². The fourth-order valence-electron chi connectivity index (χ4n) is 3.08. The minimum atomic E-state index is 0.490. The Kier molecular flexibility index (Phi) is 6.03. The molecule has 1 heterocycles. The molecule has 0 unspecified atom stereocenters. The lowest BCUT2D eigenvalue weighted by Gasteiger charge is -2.28. The molecule has 1 aromatic heterocycles. The van der Waals surface area contributed by atoms with E-state index in [-0.39, 0.29) is 0 Å². The smallest absolute Gasteiger partial charge is 0.191 e. The van der Waals surface area contributed by atoms with Crippen LogP contribution in [-0.4, -0.2) is 31.1 Å². The molecule has 0 spiro atoms. The number of nitrogens with zero attached hydrogens (tertiary/aromatic N) is 2. The summed E-state index contributed by atoms with van der Waals surface area (Å²) in [5.74, 6) is 0.919. The molecular formula is C16H28N4S. The van der Waals surface area contributed by atoms with Crippen molar-refractivity contribution in [1.82, 2.24) is 15.6 Å². The van der Waals surface area contributed by atoms with Gasteiger partial charge in [-0.05, 0) is 31.6 Å². The average Bonchev–Trinajstić information content (AvgIpc) is 3.12. The topological polar surface area (TPSA) is 49.3 Å². The van der Waals surface area contributed by atoms with E-state index in [9.17, 15) is 0 Å². The summed E-state index contributed by atoms with van der Waals surface area (Å²) in [5.41, 5.74) is 0.490. The summed E-state index contributed by atoms with van der Waals surface area (Å²) in [4.78, 5) is 9.99. The minimum Gasteiger partial charge on any atom is -0.356 e. The van der Waals surface area contributed by atoms with E-state index in [2.05, 4.69) is 34.5 Å². The Hall–Kier alpha value is -1.10. The first-order valence-corrected chi connectivity index (χ1v) is 8.85. The van der Waals surface area contributed by atoms with Crippen molar-refractivity contribution in [3.8, 4) is 0 Å². The van der Waals surface area contributed by atoms with Crippen molar-refractivity contribution in [2.75, 3.05) is 20.1 Å². The maximum atomic E-state index is 4.39. The van der Waals surface area contributed by atoms with Crippen molar-refractivity contribution in [2.24, 2.45) is 10.4 Å². The van der Waals surface area contributed by atoms with Crippen LogP contribution in [0.4, 0.5) is 0 Å². The molecule has 0 aliphatic heterocycles. The Morgan fingerprint density at radius 2 is 2.14 bits per heavy atom. The molecule has 2 N–H and O–H groups in total. The van der Waals surface area contributed by atoms with Crippen LogP contribution in [-0.2, 0) is 6.42 Å². The highest BCUT2D eigenvalue weighted by atomic mass is 32.1. The number of hydrogen-bond acceptors (Lipinski definition) is 3. The van der Waals surface area contributed by atoms with E-state index in [1.165, 1.54) is 42.0 Å². The molecule has 0 bridgehead atoms. The molecule has 1 aliphatic carbocycles. The molecule has 0 atom stereocenters. The summed E-state index contributed by atoms with van der Waals surface area (Å²) in [6, 6.07) is 0. The van der Waals surface area contributed by atoms with Gasteiger partial charge in [-0.2, -0.15) is 0 Å². The highest BCUT2D eigenvalue weighted by Gasteiger charge is 2.31. The van der Waals surface area contributed by atoms with Gasteiger partial charge in [0.15, 0.2) is 5.96 Å². The molecule has 4 nitrogen and oxygen atoms in total. The number of guanidine groups is 1. The van der Waals surface area contributed by atoms with Crippen LogP contribution in [0.3, 0.4) is 0 Å². The van der Waals surface area contributed by atoms with Crippen LogP contribution in [0.15, 0.2) is 11.2 Å². The fraction of sp³-hybridized carbons (Fsp3) is 0.750. The van der Waals surface area contributed by atoms with E-state index in [0.29, 0.717) is 5.41 Å². The largest absolute Gasteiger partial charge is 0.356 e. The van der Waals surface area contributed by atoms with Crippen LogP contribution in [0.5, 0.6) is 0 Å². The Morgan fingerprint density at radius 1 is 1.38 bits per heavy atom. The molecule has 21 heavy (non-hydrogen) atoms. The summed E-state index contributed by atoms with van der Waals surface area (Å²) in [6.07, 6.45) is 9.62. The molecule has 1 fully saturated rings. The second-order valence-corrected chi connectivity index (χ2v) is 7.35. The monoisotopic (exact) mass is 308 g/mol. The maximum Gasteiger partial charge on any atom is 0.191 e. The molecule has 1 aliphatic rings. The molecule has 118 valence electrons. The first kappa shape index (κ1) is 16.3. The van der Waals surface area contributed by atoms with Gasteiger partial charge in [0.2, 0.25) is 0 Å². The van der Waals surface area contributed by atoms with Crippen molar-refractivity contribution in [2.45, 2.75) is 52.4 Å². The van der Waals surface area contributed by atoms with Crippen molar-refractivity contribution < 1.29 is 0 Å². The van der Waals surface area contributed by atoms with Crippen LogP contribution in [0, 0.1) is 12.3 Å². The summed E-state index contributed by atoms with van der Waals surface area (Å²) < 4.78 is 0. The van der Waals surface area contributed by atoms with Gasteiger partial charge >= 0.3 is 0 Å². The summed E-state index contributed by atoms with van der Waals surface area (Å²) in [5, 5.41) is 8.11. The third-order valence-electron chi connectivity index (χ3n) is 4.57.